The van der Waals surface area contributed by atoms with Crippen molar-refractivity contribution >= 4 is 56.4 Å². The molecule has 216 valence electrons. The third-order valence-corrected chi connectivity index (χ3v) is 9.46. The highest BCUT2D eigenvalue weighted by Crippen LogP contribution is 2.42. The number of nitrogens with one attached hydrogen (secondary N) is 2. The molecule has 2 aromatic rings. The Bertz CT molecular complexity index is 1350. The molecule has 1 atom stereocenters. The van der Waals surface area contributed by atoms with Crippen LogP contribution >= 0.6 is 34.5 Å². The minimum Gasteiger partial charge on any atom is -0.389 e. The molecule has 3 rings (SSSR count). The van der Waals surface area contributed by atoms with E-state index in [2.05, 4.69) is 10.3 Å². The number of likely N-dealkylation sites (tertiary alicyclic amines) is 1. The number of amides is 2. The largest absolute Gasteiger partial charge is 0.404 e. The number of carbonyl (C=O) groups is 2. The van der Waals surface area contributed by atoms with Crippen LogP contribution in [0, 0.1) is 0 Å². The lowest BCUT2D eigenvalue weighted by atomic mass is 10.1. The van der Waals surface area contributed by atoms with Crippen molar-refractivity contribution in [1.82, 2.24) is 19.9 Å². The number of nitrogens with zero attached hydrogens (tertiary/aromatic N) is 2. The second-order valence-corrected chi connectivity index (χ2v) is 13.1. The molecule has 0 spiro atoms. The Hall–Kier alpha value is -1.97. The summed E-state index contributed by atoms with van der Waals surface area (Å²) in [6.45, 7) is 4.74. The molecule has 1 aromatic carbocycles. The third kappa shape index (κ3) is 7.82. The Morgan fingerprint density at radius 3 is 2.36 bits per heavy atom. The Labute approximate surface area is 237 Å². The number of carbonyl (C=O) groups excluding carboxylic acids is 2. The standard InChI is InChI=1S/C23H27Cl2F3N4O5S2/c1-12(23(26,27)28)31-39(36,37)15-7-6-13(17(24)18(15)25)19-14(10-16(33)32-8-4-5-9-32)30-21(38-19)20(34)29-11-22(2,3)35/h6-7,12,31,35H,4-5,8-11H2,1-3H3,(H,29,34)/t12-/m0/s1. The lowest BCUT2D eigenvalue weighted by Crippen LogP contribution is -2.43. The number of sulfonamides is 1. The highest BCUT2D eigenvalue weighted by atomic mass is 35.5. The molecule has 2 heterocycles. The molecule has 0 saturated carbocycles. The molecule has 1 aromatic heterocycles. The Morgan fingerprint density at radius 2 is 1.79 bits per heavy atom. The van der Waals surface area contributed by atoms with Crippen LogP contribution in [0.3, 0.4) is 0 Å². The summed E-state index contributed by atoms with van der Waals surface area (Å²) in [5.41, 5.74) is -0.851. The van der Waals surface area contributed by atoms with Gasteiger partial charge < -0.3 is 15.3 Å². The molecular weight excluding hydrogens is 604 g/mol. The molecule has 1 fully saturated rings. The van der Waals surface area contributed by atoms with Crippen molar-refractivity contribution in [3.63, 3.8) is 0 Å². The number of alkyl halides is 3. The summed E-state index contributed by atoms with van der Waals surface area (Å²) in [4.78, 5) is 31.2. The molecule has 0 aliphatic carbocycles. The molecule has 9 nitrogen and oxygen atoms in total. The van der Waals surface area contributed by atoms with Crippen LogP contribution in [0.25, 0.3) is 10.4 Å². The fraction of sp³-hybridized carbons (Fsp3) is 0.522. The van der Waals surface area contributed by atoms with Gasteiger partial charge in [0.15, 0.2) is 5.01 Å². The quantitative estimate of drug-likeness (QED) is 0.384. The topological polar surface area (TPSA) is 129 Å². The third-order valence-electron chi connectivity index (χ3n) is 5.75. The van der Waals surface area contributed by atoms with Crippen LogP contribution in [0.2, 0.25) is 10.0 Å². The molecule has 16 heteroatoms. The average molecular weight is 632 g/mol. The number of aromatic nitrogens is 1. The fourth-order valence-corrected chi connectivity index (χ4v) is 6.83. The monoisotopic (exact) mass is 630 g/mol. The summed E-state index contributed by atoms with van der Waals surface area (Å²) < 4.78 is 65.6. The van der Waals surface area contributed by atoms with Gasteiger partial charge in [0.1, 0.15) is 10.9 Å². The number of thiazole rings is 1. The van der Waals surface area contributed by atoms with E-state index in [9.17, 15) is 36.3 Å². The molecule has 1 saturated heterocycles. The van der Waals surface area contributed by atoms with Crippen molar-refractivity contribution in [1.29, 1.82) is 0 Å². The van der Waals surface area contributed by atoms with E-state index in [1.807, 2.05) is 0 Å². The number of halogens is 5. The zero-order chi connectivity index (χ0) is 29.3. The van der Waals surface area contributed by atoms with Crippen LogP contribution in [0.1, 0.15) is 49.1 Å². The molecule has 3 N–H and O–H groups in total. The number of aliphatic hydroxyl groups is 1. The van der Waals surface area contributed by atoms with Crippen molar-refractivity contribution in [2.75, 3.05) is 19.6 Å². The minimum atomic E-state index is -4.83. The summed E-state index contributed by atoms with van der Waals surface area (Å²) in [6, 6.07) is -0.155. The van der Waals surface area contributed by atoms with Crippen LogP contribution in [-0.2, 0) is 21.2 Å². The number of hydrogen-bond acceptors (Lipinski definition) is 7. The first-order valence-electron chi connectivity index (χ1n) is 11.8. The van der Waals surface area contributed by atoms with Crippen molar-refractivity contribution in [2.24, 2.45) is 0 Å². The Kier molecular flexibility index (Phi) is 9.60. The summed E-state index contributed by atoms with van der Waals surface area (Å²) in [5.74, 6) is -0.843. The lowest BCUT2D eigenvalue weighted by molar-refractivity contribution is -0.147. The van der Waals surface area contributed by atoms with Gasteiger partial charge in [-0.2, -0.15) is 17.9 Å². The molecule has 1 aliphatic heterocycles. The SMILES string of the molecule is C[C@H](NS(=O)(=O)c1ccc(-c2sc(C(=O)NCC(C)(C)O)nc2CC(=O)N2CCCC2)c(Cl)c1Cl)C(F)(F)F. The van der Waals surface area contributed by atoms with Gasteiger partial charge in [-0.05, 0) is 39.7 Å². The van der Waals surface area contributed by atoms with Gasteiger partial charge >= 0.3 is 6.18 Å². The van der Waals surface area contributed by atoms with Gasteiger partial charge in [0.05, 0.1) is 32.6 Å². The van der Waals surface area contributed by atoms with Gasteiger partial charge in [-0.25, -0.2) is 13.4 Å². The van der Waals surface area contributed by atoms with E-state index in [1.165, 1.54) is 24.6 Å². The van der Waals surface area contributed by atoms with Crippen molar-refractivity contribution in [2.45, 2.75) is 62.7 Å². The first-order valence-corrected chi connectivity index (χ1v) is 14.8. The molecule has 1 aliphatic rings. The van der Waals surface area contributed by atoms with E-state index in [4.69, 9.17) is 23.2 Å². The molecule has 0 bridgehead atoms. The number of benzene rings is 1. The summed E-state index contributed by atoms with van der Waals surface area (Å²) in [6.07, 6.45) is -3.29. The first-order chi connectivity index (χ1) is 17.9. The Morgan fingerprint density at radius 1 is 1.18 bits per heavy atom. The van der Waals surface area contributed by atoms with Gasteiger partial charge in [-0.15, -0.1) is 11.3 Å². The number of rotatable bonds is 9. The summed E-state index contributed by atoms with van der Waals surface area (Å²) in [7, 11) is -4.71. The van der Waals surface area contributed by atoms with Gasteiger partial charge in [0.25, 0.3) is 5.91 Å². The molecule has 0 radical (unpaired) electrons. The van der Waals surface area contributed by atoms with E-state index in [0.717, 1.165) is 30.2 Å². The van der Waals surface area contributed by atoms with E-state index >= 15 is 0 Å². The average Bonchev–Trinajstić information content (AvgIpc) is 3.48. The smallest absolute Gasteiger partial charge is 0.389 e. The predicted octanol–water partition coefficient (Wildman–Crippen LogP) is 4.01. The van der Waals surface area contributed by atoms with Gasteiger partial charge in [-0.3, -0.25) is 9.59 Å². The van der Waals surface area contributed by atoms with Crippen LogP contribution < -0.4 is 10.0 Å². The maximum Gasteiger partial charge on any atom is 0.404 e. The first kappa shape index (κ1) is 31.6. The molecule has 0 unspecified atom stereocenters. The van der Waals surface area contributed by atoms with Gasteiger partial charge in [-0.1, -0.05) is 29.3 Å². The lowest BCUT2D eigenvalue weighted by Gasteiger charge is -2.18. The van der Waals surface area contributed by atoms with Crippen LogP contribution in [0.15, 0.2) is 17.0 Å². The minimum absolute atomic E-state index is 0.0389. The molecular formula is C23H27Cl2F3N4O5S2. The number of hydrogen-bond donors (Lipinski definition) is 3. The van der Waals surface area contributed by atoms with Crippen molar-refractivity contribution < 1.29 is 36.3 Å². The predicted molar refractivity (Wildman–Crippen MR) is 142 cm³/mol. The van der Waals surface area contributed by atoms with E-state index in [0.29, 0.717) is 20.0 Å². The van der Waals surface area contributed by atoms with Gasteiger partial charge in [0, 0.05) is 25.2 Å². The normalized spacial score (nSPS) is 15.5. The van der Waals surface area contributed by atoms with Crippen LogP contribution in [-0.4, -0.2) is 72.7 Å². The maximum absolute atomic E-state index is 12.9. The van der Waals surface area contributed by atoms with Gasteiger partial charge in [0.2, 0.25) is 15.9 Å². The Balaban J connectivity index is 2.02. The van der Waals surface area contributed by atoms with Crippen molar-refractivity contribution in [3.8, 4) is 10.4 Å². The van der Waals surface area contributed by atoms with Crippen molar-refractivity contribution in [3.05, 3.63) is 32.9 Å². The summed E-state index contributed by atoms with van der Waals surface area (Å²) in [5, 5.41) is 11.6. The summed E-state index contributed by atoms with van der Waals surface area (Å²) >= 11 is 13.5. The zero-order valence-corrected chi connectivity index (χ0v) is 24.3. The molecule has 2 amide bonds. The second-order valence-electron chi connectivity index (χ2n) is 9.68. The van der Waals surface area contributed by atoms with E-state index < -0.39 is 43.7 Å². The zero-order valence-electron chi connectivity index (χ0n) is 21.2. The van der Waals surface area contributed by atoms with Crippen LogP contribution in [0.4, 0.5) is 13.2 Å². The fourth-order valence-electron chi connectivity index (χ4n) is 3.65. The van der Waals surface area contributed by atoms with E-state index in [1.54, 1.807) is 4.90 Å². The highest BCUT2D eigenvalue weighted by molar-refractivity contribution is 7.89. The van der Waals surface area contributed by atoms with Crippen LogP contribution in [0.5, 0.6) is 0 Å². The highest BCUT2D eigenvalue weighted by Gasteiger charge is 2.39. The maximum atomic E-state index is 12.9. The van der Waals surface area contributed by atoms with E-state index in [-0.39, 0.29) is 45.0 Å². The molecule has 39 heavy (non-hydrogen) atoms. The second kappa shape index (κ2) is 11.9.